The summed E-state index contributed by atoms with van der Waals surface area (Å²) < 4.78 is 6.18. The van der Waals surface area contributed by atoms with Crippen LogP contribution in [0.1, 0.15) is 142 Å². The number of aliphatic hydroxyl groups is 1. The van der Waals surface area contributed by atoms with Crippen LogP contribution in [0.15, 0.2) is 36.9 Å². The quantitative estimate of drug-likeness (QED) is 0.138. The van der Waals surface area contributed by atoms with Gasteiger partial charge in [0, 0.05) is 24.5 Å². The minimum atomic E-state index is -0.941. The summed E-state index contributed by atoms with van der Waals surface area (Å²) in [6.45, 7) is 21.4. The number of rotatable bonds is 8. The van der Waals surface area contributed by atoms with Crippen molar-refractivity contribution < 1.29 is 34.1 Å². The second-order valence-electron chi connectivity index (χ2n) is 19.0. The highest BCUT2D eigenvalue weighted by Crippen LogP contribution is 2.73. The van der Waals surface area contributed by atoms with Gasteiger partial charge in [-0.25, -0.2) is 4.79 Å². The number of hydrogen-bond acceptors (Lipinski definition) is 6. The Labute approximate surface area is 319 Å². The van der Waals surface area contributed by atoms with E-state index in [0.29, 0.717) is 42.1 Å². The molecule has 1 amide bonds. The number of esters is 1. The second-order valence-corrected chi connectivity index (χ2v) is 19.0. The highest BCUT2D eigenvalue weighted by atomic mass is 16.5. The number of aliphatic hydroxyl groups excluding tert-OH is 1. The summed E-state index contributed by atoms with van der Waals surface area (Å²) in [4.78, 5) is 49.9. The maximum absolute atomic E-state index is 14.2. The van der Waals surface area contributed by atoms with Crippen molar-refractivity contribution in [2.45, 2.75) is 139 Å². The number of carboxylic acids is 1. The summed E-state index contributed by atoms with van der Waals surface area (Å²) in [5, 5.41) is 19.6. The molecule has 5 aliphatic rings. The van der Waals surface area contributed by atoms with Crippen LogP contribution in [0.2, 0.25) is 0 Å². The summed E-state index contributed by atoms with van der Waals surface area (Å²) >= 11 is 0. The topological polar surface area (TPSA) is 130 Å². The van der Waals surface area contributed by atoms with E-state index in [1.807, 2.05) is 6.92 Å². The van der Waals surface area contributed by atoms with Crippen LogP contribution in [0.4, 0.5) is 0 Å². The van der Waals surface area contributed by atoms with Gasteiger partial charge in [0.1, 0.15) is 12.4 Å². The number of nitrogens with one attached hydrogen (secondary N) is 1. The van der Waals surface area contributed by atoms with Gasteiger partial charge < -0.3 is 25.1 Å². The Hall–Kier alpha value is -3.00. The molecule has 1 aromatic carbocycles. The number of ether oxygens (including phenoxy) is 1. The molecule has 0 heterocycles. The van der Waals surface area contributed by atoms with Gasteiger partial charge >= 0.3 is 11.9 Å². The predicted octanol–water partition coefficient (Wildman–Crippen LogP) is 9.04. The van der Waals surface area contributed by atoms with Gasteiger partial charge in [-0.2, -0.15) is 0 Å². The van der Waals surface area contributed by atoms with E-state index in [0.717, 1.165) is 63.9 Å². The number of carboxylic acid groups (broad SMARTS) is 1. The number of benzene rings is 1. The van der Waals surface area contributed by atoms with Gasteiger partial charge in [-0.05, 0) is 135 Å². The number of carbonyl (C=O) groups is 4. The summed E-state index contributed by atoms with van der Waals surface area (Å²) in [5.74, 6) is 2.19. The Morgan fingerprint density at radius 1 is 0.906 bits per heavy atom. The van der Waals surface area contributed by atoms with E-state index in [1.54, 1.807) is 44.2 Å². The molecule has 5 fully saturated rings. The first-order valence-electron chi connectivity index (χ1n) is 20.2. The molecule has 10 atom stereocenters. The molecule has 6 rings (SSSR count). The standard InChI is InChI=1S/C41H59NO6.C3H6.CH4O/c1-25-14-20-41(36(47)42-23-26-8-10-27(11-9-26)35(45)46)21-15-29-28(34(25)41)12-13-31-39(29,6)18-16-30-38(4,5)32(17-19-40(30,31)7)48-33(44)22-37(2,3)24-43;1-3-2;1-2/h8-11,24-25,28-32,34H,12-23H2,1-7H3,(H,42,47)(H,45,46);3H,1H2,2H3;2H,1H3/t25-,28?,29?,30?,31?,32?,34?,39?,40?,41?;;/m1../s1. The van der Waals surface area contributed by atoms with Crippen molar-refractivity contribution in [2.75, 3.05) is 7.11 Å². The number of amides is 1. The van der Waals surface area contributed by atoms with Crippen molar-refractivity contribution >= 4 is 24.1 Å². The van der Waals surface area contributed by atoms with Crippen molar-refractivity contribution in [3.05, 3.63) is 48.0 Å². The monoisotopic (exact) mass is 736 g/mol. The van der Waals surface area contributed by atoms with Crippen LogP contribution in [0.25, 0.3) is 0 Å². The molecule has 0 spiro atoms. The Kier molecular flexibility index (Phi) is 13.2. The van der Waals surface area contributed by atoms with Crippen LogP contribution in [0.5, 0.6) is 0 Å². The number of fused-ring (bicyclic) bond motifs is 7. The maximum Gasteiger partial charge on any atom is 0.335 e. The van der Waals surface area contributed by atoms with Gasteiger partial charge in [0.2, 0.25) is 5.91 Å². The number of aldehydes is 1. The molecule has 53 heavy (non-hydrogen) atoms. The number of carbonyl (C=O) groups excluding carboxylic acids is 3. The third-order valence-corrected chi connectivity index (χ3v) is 15.1. The molecule has 0 saturated heterocycles. The van der Waals surface area contributed by atoms with E-state index in [2.05, 4.69) is 46.5 Å². The third-order valence-electron chi connectivity index (χ3n) is 15.1. The van der Waals surface area contributed by atoms with Gasteiger partial charge in [-0.1, -0.05) is 66.7 Å². The van der Waals surface area contributed by atoms with Crippen molar-refractivity contribution in [1.29, 1.82) is 0 Å². The van der Waals surface area contributed by atoms with Gasteiger partial charge in [-0.3, -0.25) is 9.59 Å². The predicted molar refractivity (Wildman–Crippen MR) is 209 cm³/mol. The van der Waals surface area contributed by atoms with Crippen LogP contribution in [0.3, 0.4) is 0 Å². The minimum absolute atomic E-state index is 0.119. The van der Waals surface area contributed by atoms with E-state index in [4.69, 9.17) is 9.84 Å². The molecule has 0 aliphatic heterocycles. The largest absolute Gasteiger partial charge is 0.478 e. The Balaban J connectivity index is 0.00000119. The fraction of sp³-hybridized carbons (Fsp3) is 0.733. The van der Waals surface area contributed by atoms with Crippen LogP contribution >= 0.6 is 0 Å². The molecule has 9 unspecified atom stereocenters. The summed E-state index contributed by atoms with van der Waals surface area (Å²) in [7, 11) is 1.00. The van der Waals surface area contributed by atoms with Crippen molar-refractivity contribution in [2.24, 2.45) is 62.6 Å². The zero-order valence-electron chi connectivity index (χ0n) is 34.1. The number of aromatic carboxylic acids is 1. The normalized spacial score (nSPS) is 36.5. The van der Waals surface area contributed by atoms with E-state index in [1.165, 1.54) is 19.3 Å². The fourth-order valence-electron chi connectivity index (χ4n) is 12.9. The molecule has 0 radical (unpaired) electrons. The molecule has 0 aromatic heterocycles. The molecule has 5 aliphatic carbocycles. The first-order valence-corrected chi connectivity index (χ1v) is 20.2. The molecule has 0 bridgehead atoms. The lowest BCUT2D eigenvalue weighted by molar-refractivity contribution is -0.223. The van der Waals surface area contributed by atoms with E-state index < -0.39 is 11.4 Å². The maximum atomic E-state index is 14.2. The van der Waals surface area contributed by atoms with Gasteiger partial charge in [0.25, 0.3) is 0 Å². The van der Waals surface area contributed by atoms with Gasteiger partial charge in [-0.15, -0.1) is 6.58 Å². The van der Waals surface area contributed by atoms with Crippen LogP contribution in [0, 0.1) is 62.6 Å². The molecule has 5 saturated carbocycles. The first-order chi connectivity index (χ1) is 24.9. The first kappa shape index (κ1) is 42.7. The Bertz CT molecular complexity index is 1480. The smallest absolute Gasteiger partial charge is 0.335 e. The van der Waals surface area contributed by atoms with E-state index >= 15 is 0 Å². The third kappa shape index (κ3) is 7.91. The lowest BCUT2D eigenvalue weighted by Crippen LogP contribution is -2.64. The van der Waals surface area contributed by atoms with Crippen LogP contribution in [-0.2, 0) is 25.7 Å². The number of allylic oxidation sites excluding steroid dienone is 1. The zero-order chi connectivity index (χ0) is 39.6. The van der Waals surface area contributed by atoms with E-state index in [9.17, 15) is 24.3 Å². The Morgan fingerprint density at radius 2 is 1.51 bits per heavy atom. The highest BCUT2D eigenvalue weighted by molar-refractivity contribution is 5.87. The summed E-state index contributed by atoms with van der Waals surface area (Å²) in [6, 6.07) is 6.83. The zero-order valence-corrected chi connectivity index (χ0v) is 34.1. The average molecular weight is 736 g/mol. The van der Waals surface area contributed by atoms with Gasteiger partial charge in [0.15, 0.2) is 0 Å². The summed E-state index contributed by atoms with van der Waals surface area (Å²) in [6.07, 6.45) is 13.4. The van der Waals surface area contributed by atoms with E-state index in [-0.39, 0.29) is 51.6 Å². The molecule has 3 N–H and O–H groups in total. The molecule has 296 valence electrons. The lowest BCUT2D eigenvalue weighted by atomic mass is 9.36. The number of hydrogen-bond donors (Lipinski definition) is 3. The average Bonchev–Trinajstić information content (AvgIpc) is 3.47. The van der Waals surface area contributed by atoms with Crippen LogP contribution < -0.4 is 5.32 Å². The molecular weight excluding hydrogens is 666 g/mol. The van der Waals surface area contributed by atoms with Gasteiger partial charge in [0.05, 0.1) is 17.4 Å². The molecule has 8 heteroatoms. The van der Waals surface area contributed by atoms with Crippen molar-refractivity contribution in [3.8, 4) is 0 Å². The fourth-order valence-corrected chi connectivity index (χ4v) is 12.9. The minimum Gasteiger partial charge on any atom is -0.478 e. The molecule has 8 nitrogen and oxygen atoms in total. The lowest BCUT2D eigenvalue weighted by Gasteiger charge is -2.69. The SMILES string of the molecule is C=CC.CO.C[C@@H]1CCC2(C(=O)NCc3ccc(C(=O)O)cc3)CCC3C(CCC4C3(C)CCC3C(C)(C)C(OC(=O)CC(C)(C)C=O)CCC34C)C12. The van der Waals surface area contributed by atoms with Crippen molar-refractivity contribution in [1.82, 2.24) is 5.32 Å². The highest BCUT2D eigenvalue weighted by Gasteiger charge is 2.68. The van der Waals surface area contributed by atoms with Crippen LogP contribution in [-0.4, -0.2) is 47.6 Å². The molecular formula is C45H69NO7. The summed E-state index contributed by atoms with van der Waals surface area (Å²) in [5.41, 5.74) is 0.438. The second kappa shape index (κ2) is 16.4. The molecule has 1 aromatic rings. The van der Waals surface area contributed by atoms with Crippen molar-refractivity contribution in [3.63, 3.8) is 0 Å². The Morgan fingerprint density at radius 3 is 2.11 bits per heavy atom.